The van der Waals surface area contributed by atoms with Gasteiger partial charge in [-0.25, -0.2) is 4.79 Å². The van der Waals surface area contributed by atoms with Crippen molar-refractivity contribution in [3.63, 3.8) is 0 Å². The average molecular weight is 1980 g/mol. The summed E-state index contributed by atoms with van der Waals surface area (Å²) in [6.07, 6.45) is 10.7. The maximum absolute atomic E-state index is 12.0. The van der Waals surface area contributed by atoms with Crippen LogP contribution in [0.15, 0.2) is 257 Å². The summed E-state index contributed by atoms with van der Waals surface area (Å²) in [7, 11) is 1.72. The third kappa shape index (κ3) is 21.9. The Bertz CT molecular complexity index is 6900. The zero-order valence-corrected chi connectivity index (χ0v) is 86.6. The van der Waals surface area contributed by atoms with E-state index in [4.69, 9.17) is 19.9 Å². The van der Waals surface area contributed by atoms with Crippen molar-refractivity contribution in [3.05, 3.63) is 355 Å². The van der Waals surface area contributed by atoms with Crippen LogP contribution in [0.3, 0.4) is 0 Å². The summed E-state index contributed by atoms with van der Waals surface area (Å²) in [5.74, 6) is 0.773. The van der Waals surface area contributed by atoms with E-state index in [0.29, 0.717) is 43.9 Å². The summed E-state index contributed by atoms with van der Waals surface area (Å²) in [6, 6.07) is 84.1. The summed E-state index contributed by atoms with van der Waals surface area (Å²) in [6.45, 7) is 31.1. The van der Waals surface area contributed by atoms with Crippen LogP contribution < -0.4 is 10.5 Å². The van der Waals surface area contributed by atoms with E-state index in [1.165, 1.54) is 234 Å². The smallest absolute Gasteiger partial charge is 0.409 e. The highest BCUT2D eigenvalue weighted by molar-refractivity contribution is 7.11. The number of primary amides is 1. The predicted molar refractivity (Wildman–Crippen MR) is 587 cm³/mol. The van der Waals surface area contributed by atoms with Crippen molar-refractivity contribution in [1.82, 2.24) is 64.2 Å². The van der Waals surface area contributed by atoms with Gasteiger partial charge in [0.25, 0.3) is 0 Å². The normalized spacial score (nSPS) is 17.3. The lowest BCUT2D eigenvalue weighted by Crippen LogP contribution is -2.50. The number of thiophene rings is 5. The van der Waals surface area contributed by atoms with Crippen molar-refractivity contribution < 1.29 is 23.8 Å². The van der Waals surface area contributed by atoms with Crippen molar-refractivity contribution in [1.29, 1.82) is 0 Å². The van der Waals surface area contributed by atoms with Crippen molar-refractivity contribution >= 4 is 134 Å². The van der Waals surface area contributed by atoms with Gasteiger partial charge in [-0.2, -0.15) is 0 Å². The van der Waals surface area contributed by atoms with Crippen LogP contribution in [0.4, 0.5) is 4.79 Å². The number of likely N-dealkylation sites (tertiary alicyclic amines) is 4. The molecule has 24 heteroatoms. The Kier molecular flexibility index (Phi) is 32.3. The van der Waals surface area contributed by atoms with Crippen molar-refractivity contribution in [2.24, 2.45) is 11.7 Å². The molecule has 24 rings (SSSR count). The quantitative estimate of drug-likeness (QED) is 0.0360. The Morgan fingerprint density at radius 2 is 0.589 bits per heavy atom. The molecule has 2 amide bonds. The number of methoxy groups -OCH3 is 1. The zero-order chi connectivity index (χ0) is 96.8. The molecule has 6 unspecified atom stereocenters. The van der Waals surface area contributed by atoms with E-state index in [1.54, 1.807) is 29.8 Å². The summed E-state index contributed by atoms with van der Waals surface area (Å²) < 4.78 is 16.1. The van der Waals surface area contributed by atoms with Gasteiger partial charge < -0.3 is 54.7 Å². The first-order chi connectivity index (χ1) is 69.1. The van der Waals surface area contributed by atoms with Crippen LogP contribution in [-0.4, -0.2) is 195 Å². The number of ether oxygens (including phenoxy) is 3. The molecule has 0 saturated carbocycles. The second-order valence-electron chi connectivity index (χ2n) is 38.2. The number of nitrogens with zero attached hydrogens (tertiary/aromatic N) is 7. The molecule has 6 atom stereocenters. The maximum atomic E-state index is 12.0. The Hall–Kier alpha value is -11.5. The number of hydrogen-bond acceptors (Lipinski definition) is 16. The molecule has 19 nitrogen and oxygen atoms in total. The summed E-state index contributed by atoms with van der Waals surface area (Å²) >= 11 is 9.20. The molecular formula is C117H134N14O5S5. The van der Waals surface area contributed by atoms with Crippen molar-refractivity contribution in [2.75, 3.05) is 119 Å². The van der Waals surface area contributed by atoms with Crippen LogP contribution in [0.25, 0.3) is 65.4 Å². The first kappa shape index (κ1) is 98.3. The molecule has 0 bridgehead atoms. The van der Waals surface area contributed by atoms with E-state index in [-0.39, 0.29) is 30.0 Å². The fraction of sp³-hybridized carbons (Fsp3) is 0.350. The third-order valence-electron chi connectivity index (χ3n) is 29.5. The number of benzene rings is 7. The number of piperidine rings is 2. The number of aryl methyl sites for hydroxylation is 6. The summed E-state index contributed by atoms with van der Waals surface area (Å²) in [5, 5.41) is 18.9. The van der Waals surface area contributed by atoms with Crippen LogP contribution in [-0.2, 0) is 14.3 Å². The molecule has 18 aromatic rings. The van der Waals surface area contributed by atoms with Crippen LogP contribution in [0, 0.1) is 47.5 Å². The number of morpholine rings is 1. The Balaban J connectivity index is 0.000000108. The molecule has 6 saturated heterocycles. The van der Waals surface area contributed by atoms with E-state index in [9.17, 15) is 9.59 Å². The molecule has 7 aromatic carbocycles. The van der Waals surface area contributed by atoms with Crippen molar-refractivity contribution in [2.45, 2.75) is 143 Å². The largest absolute Gasteiger partial charge is 0.497 e. The number of nitrogens with two attached hydrogens (primary N) is 1. The summed E-state index contributed by atoms with van der Waals surface area (Å²) in [4.78, 5) is 69.3. The number of aromatic amines is 6. The molecule has 6 fully saturated rings. The number of amides is 2. The first-order valence-electron chi connectivity index (χ1n) is 50.6. The zero-order valence-electron chi connectivity index (χ0n) is 82.5. The van der Waals surface area contributed by atoms with Gasteiger partial charge >= 0.3 is 6.09 Å². The van der Waals surface area contributed by atoms with E-state index in [2.05, 4.69) is 358 Å². The number of piperazine rings is 1. The standard InChI is InChI=1S/C21H25N3O2S.C21H24N2O.C20H23N3OS.C19H22N2S.C18H20N2OS.C18H20N2S/c1-3-26-21(25)24-12-10-23(11-13-24)20(18-9-6-14-27-18)19-15(2)22-17-8-5-4-7-16(17)19;1-15-20(18-7-3-4-8-19(18)22-15)21(23-13-5-6-14-23)16-9-11-17(24-2)12-10-16;1-13-18(15-5-2-3-6-16(15)22-13)19(17-7-4-12-25-17)23-10-8-14(9-11-23)20(21)24;1-14-18(15-8-3-4-9-16(15)20-14)19(17-10-7-13-22-17)21-11-5-2-6-12-21;1-13-17(14-5-2-3-6-15(14)19-13)18(16-7-4-12-22-16)20-8-10-21-11-9-20;1-13-17(14-7-2-3-8-15(14)19-13)18(16-9-6-12-21-16)20-10-4-5-11-20/h4-9,14,20,22H,3,10-13H2,1-2H3;3-4,7-12,21-22H,5-6,13-14H2,1-2H3;2-7,12,14,19,22H,8-11H2,1H3,(H2,21,24);3-4,7-10,13,19-20H,2,5-6,11-12H2,1H3;2-7,12,18-19H,8-11H2,1H3;2-3,6-9,12,18-19H,4-5,10-11H2,1H3. The van der Waals surface area contributed by atoms with Gasteiger partial charge in [-0.15, -0.1) is 56.7 Å². The van der Waals surface area contributed by atoms with Gasteiger partial charge in [0, 0.05) is 203 Å². The third-order valence-corrected chi connectivity index (χ3v) is 34.1. The molecule has 732 valence electrons. The number of nitrogens with one attached hydrogen (secondary N) is 6. The highest BCUT2D eigenvalue weighted by atomic mass is 32.1. The molecule has 17 heterocycles. The fourth-order valence-electron chi connectivity index (χ4n) is 22.8. The SMILES string of the molecule is CCOC(=O)N1CCN(C(c2cccs2)c2c(C)[nH]c3ccccc23)CC1.COc1ccc(C(c2c(C)[nH]c3ccccc23)N2CCCC2)cc1.Cc1[nH]c2ccccc2c1C(c1cccs1)N1CCC(C(N)=O)CC1.Cc1[nH]c2ccccc2c1C(c1cccs1)N1CCCC1.Cc1[nH]c2ccccc2c1C(c1cccs1)N1CCCCC1.Cc1[nH]c2ccccc2c1C(c1cccs1)N1CCOCC1. The number of para-hydroxylation sites is 6. The lowest BCUT2D eigenvalue weighted by molar-refractivity contribution is -0.123. The fourth-order valence-corrected chi connectivity index (χ4v) is 27.2. The number of H-pyrrole nitrogens is 6. The van der Waals surface area contributed by atoms with Gasteiger partial charge in [0.05, 0.1) is 63.2 Å². The van der Waals surface area contributed by atoms with Gasteiger partial charge in [0.15, 0.2) is 0 Å². The topological polar surface area (TPSA) is 205 Å². The molecule has 8 N–H and O–H groups in total. The highest BCUT2D eigenvalue weighted by Gasteiger charge is 2.38. The maximum Gasteiger partial charge on any atom is 0.409 e. The predicted octanol–water partition coefficient (Wildman–Crippen LogP) is 26.7. The van der Waals surface area contributed by atoms with Crippen LogP contribution in [0.1, 0.15) is 198 Å². The second-order valence-corrected chi connectivity index (χ2v) is 43.1. The van der Waals surface area contributed by atoms with Gasteiger partial charge in [-0.05, 0) is 264 Å². The van der Waals surface area contributed by atoms with Gasteiger partial charge in [-0.1, -0.05) is 158 Å². The Labute approximate surface area is 849 Å². The molecule has 141 heavy (non-hydrogen) atoms. The first-order valence-corrected chi connectivity index (χ1v) is 55.0. The van der Waals surface area contributed by atoms with E-state index in [1.807, 2.05) is 45.8 Å². The summed E-state index contributed by atoms with van der Waals surface area (Å²) in [5.41, 5.74) is 30.2. The van der Waals surface area contributed by atoms with Gasteiger partial charge in [0.2, 0.25) is 5.91 Å². The minimum Gasteiger partial charge on any atom is -0.497 e. The molecule has 0 spiro atoms. The molecule has 6 aliphatic rings. The van der Waals surface area contributed by atoms with Crippen molar-refractivity contribution in [3.8, 4) is 5.75 Å². The molecule has 0 aliphatic carbocycles. The monoisotopic (exact) mass is 1970 g/mol. The number of rotatable bonds is 21. The van der Waals surface area contributed by atoms with Gasteiger partial charge in [0.1, 0.15) is 5.75 Å². The number of fused-ring (bicyclic) bond motifs is 6. The minimum absolute atomic E-state index is 0.0179. The number of aromatic nitrogens is 6. The van der Waals surface area contributed by atoms with Crippen LogP contribution in [0.2, 0.25) is 0 Å². The van der Waals surface area contributed by atoms with Gasteiger partial charge in [-0.3, -0.25) is 34.2 Å². The minimum atomic E-state index is -0.201. The Morgan fingerprint density at radius 3 is 0.865 bits per heavy atom. The number of hydrogen-bond donors (Lipinski definition) is 7. The van der Waals surface area contributed by atoms with Crippen LogP contribution >= 0.6 is 56.7 Å². The number of carbonyl (C=O) groups is 2. The average Bonchev–Trinajstić information content (AvgIpc) is 1.65. The molecule has 0 radical (unpaired) electrons. The Morgan fingerprint density at radius 1 is 0.326 bits per heavy atom. The second kappa shape index (κ2) is 46.3. The van der Waals surface area contributed by atoms with E-state index < -0.39 is 0 Å². The lowest BCUT2D eigenvalue weighted by atomic mass is 9.92. The van der Waals surface area contributed by atoms with Crippen LogP contribution in [0.5, 0.6) is 5.75 Å². The lowest BCUT2D eigenvalue weighted by Gasteiger charge is -2.38. The van der Waals surface area contributed by atoms with E-state index >= 15 is 0 Å². The highest BCUT2D eigenvalue weighted by Crippen LogP contribution is 2.47. The van der Waals surface area contributed by atoms with E-state index in [0.717, 1.165) is 84.2 Å². The molecular weight excluding hydrogens is 1840 g/mol. The molecule has 11 aromatic heterocycles. The number of carbonyl (C=O) groups excluding carboxylic acids is 2. The molecule has 6 aliphatic heterocycles.